The predicted molar refractivity (Wildman–Crippen MR) is 373 cm³/mol. The molecule has 0 atom stereocenters. The smallest absolute Gasteiger partial charge is 0.410 e. The van der Waals surface area contributed by atoms with Crippen molar-refractivity contribution in [3.8, 4) is 0 Å². The lowest BCUT2D eigenvalue weighted by Crippen LogP contribution is -2.49. The first-order valence-electron chi connectivity index (χ1n) is 32.5. The van der Waals surface area contributed by atoms with Crippen molar-refractivity contribution in [3.63, 3.8) is 0 Å². The molecule has 0 saturated carbocycles. The number of hydrogen-bond donors (Lipinski definition) is 2. The molecule has 105 heavy (non-hydrogen) atoms. The van der Waals surface area contributed by atoms with Crippen LogP contribution in [0.15, 0.2) is 174 Å². The van der Waals surface area contributed by atoms with E-state index in [1.165, 1.54) is 26.8 Å². The van der Waals surface area contributed by atoms with Crippen LogP contribution in [-0.4, -0.2) is 159 Å². The Morgan fingerprint density at radius 2 is 0.610 bits per heavy atom. The van der Waals surface area contributed by atoms with Crippen molar-refractivity contribution < 1.29 is 87.5 Å². The first kappa shape index (κ1) is 79.4. The number of nitrogens with zero attached hydrogens (tertiary/aromatic N) is 9. The van der Waals surface area contributed by atoms with E-state index in [1.54, 1.807) is 19.6 Å². The SMILES string of the molecule is Nc1cc(F)c(N2CCN(C(=O)OCc3ccccc3)CC2)c(F)c1.O=C(OCc1ccccc1)N1CCN(c2c(F)cc(Br)cc2F)CC1.O=C(OCc1ccccc1)N1CCN(c2c(F)cc([N+](=O)[O-])cc2F)CC1.O=C(OCc1ccccc1)N1CCNCC1.O=[N+]([O-])c1cc(F)c(F)c(F)c1. The minimum atomic E-state index is -1.71. The molecule has 8 aromatic carbocycles. The van der Waals surface area contributed by atoms with Gasteiger partial charge in [-0.05, 0) is 46.5 Å². The standard InChI is InChI=1S/C18H17BrF2N2O2.C18H17F2N3O4.C18H19F2N3O2.C12H16N2O2.C6H2F3NO2/c19-14-10-15(20)17(16(21)11-14)22-6-8-23(9-7-22)18(24)25-12-13-4-2-1-3-5-13;19-15-10-14(23(25)26)11-16(20)17(15)21-6-8-22(9-7-21)18(24)27-12-13-4-2-1-3-5-13;19-15-10-14(21)11-16(20)17(15)22-6-8-23(9-7-22)18(24)25-12-13-4-2-1-3-5-13;15-12(14-8-6-13-7-9-14)16-10-11-4-2-1-3-5-11;7-4-1-3(10(11)12)2-5(8)6(4)9/h1-5,10-11H,6-9,12H2;1-5,10-11H,6-9,12H2;1-5,10-11H,6-9,12,21H2;1-5,13H,6-10H2;1-2H. The molecule has 8 aromatic rings. The van der Waals surface area contributed by atoms with Gasteiger partial charge in [0.05, 0.1) is 34.1 Å². The number of non-ortho nitro benzene ring substituents is 2. The first-order chi connectivity index (χ1) is 50.4. The zero-order valence-electron chi connectivity index (χ0n) is 56.1. The van der Waals surface area contributed by atoms with Gasteiger partial charge in [0.1, 0.15) is 43.5 Å². The second-order valence-corrected chi connectivity index (χ2v) is 24.3. The Morgan fingerprint density at radius 3 is 0.876 bits per heavy atom. The van der Waals surface area contributed by atoms with Crippen LogP contribution in [0.4, 0.5) is 92.8 Å². The third kappa shape index (κ3) is 23.9. The molecule has 0 aliphatic carbocycles. The molecule has 4 heterocycles. The average molecular weight is 1530 g/mol. The van der Waals surface area contributed by atoms with Gasteiger partial charge in [0.2, 0.25) is 0 Å². The number of nitro benzene ring substituents is 2. The van der Waals surface area contributed by atoms with Crippen LogP contribution < -0.4 is 25.8 Å². The van der Waals surface area contributed by atoms with Crippen molar-refractivity contribution in [3.05, 3.63) is 269 Å². The maximum absolute atomic E-state index is 14.1. The summed E-state index contributed by atoms with van der Waals surface area (Å²) >= 11 is 3.07. The monoisotopic (exact) mass is 1530 g/mol. The molecule has 4 aliphatic rings. The molecule has 4 saturated heterocycles. The lowest BCUT2D eigenvalue weighted by molar-refractivity contribution is -0.385. The number of anilines is 4. The Balaban J connectivity index is 0.000000170. The minimum Gasteiger partial charge on any atom is -0.445 e. The molecule has 23 nitrogen and oxygen atoms in total. The third-order valence-electron chi connectivity index (χ3n) is 16.2. The number of carbonyl (C=O) groups excluding carboxylic acids is 4. The molecule has 12 rings (SSSR count). The second-order valence-electron chi connectivity index (χ2n) is 23.4. The highest BCUT2D eigenvalue weighted by atomic mass is 79.9. The number of rotatable bonds is 13. The van der Waals surface area contributed by atoms with Crippen LogP contribution in [0.2, 0.25) is 0 Å². The van der Waals surface area contributed by atoms with E-state index in [-0.39, 0.29) is 74.8 Å². The number of nitro groups is 2. The highest BCUT2D eigenvalue weighted by Gasteiger charge is 2.31. The minimum absolute atomic E-state index is 0.0434. The summed E-state index contributed by atoms with van der Waals surface area (Å²) in [6.07, 6.45) is -1.56. The van der Waals surface area contributed by atoms with Gasteiger partial charge in [0.25, 0.3) is 11.4 Å². The highest BCUT2D eigenvalue weighted by molar-refractivity contribution is 9.10. The summed E-state index contributed by atoms with van der Waals surface area (Å²) in [5.41, 5.74) is 7.23. The Morgan fingerprint density at radius 1 is 0.371 bits per heavy atom. The summed E-state index contributed by atoms with van der Waals surface area (Å²) in [4.78, 5) is 77.7. The molecule has 33 heteroatoms. The van der Waals surface area contributed by atoms with Crippen LogP contribution in [0.3, 0.4) is 0 Å². The van der Waals surface area contributed by atoms with E-state index in [2.05, 4.69) is 21.2 Å². The van der Waals surface area contributed by atoms with Crippen LogP contribution in [0, 0.1) is 72.6 Å². The number of nitrogens with one attached hydrogen (secondary N) is 1. The van der Waals surface area contributed by atoms with Crippen molar-refractivity contribution in [1.82, 2.24) is 24.9 Å². The van der Waals surface area contributed by atoms with Gasteiger partial charge < -0.3 is 64.3 Å². The number of piperazine rings is 4. The fraction of sp³-hybridized carbons (Fsp3) is 0.278. The molecule has 556 valence electrons. The number of nitrogens with two attached hydrogens (primary N) is 1. The van der Waals surface area contributed by atoms with E-state index >= 15 is 0 Å². The largest absolute Gasteiger partial charge is 0.445 e. The molecular formula is C72H71BrF9N11O12. The molecule has 0 spiro atoms. The molecule has 4 aliphatic heterocycles. The first-order valence-corrected chi connectivity index (χ1v) is 33.3. The van der Waals surface area contributed by atoms with Gasteiger partial charge in [-0.25, -0.2) is 58.7 Å². The molecule has 4 fully saturated rings. The van der Waals surface area contributed by atoms with Crippen molar-refractivity contribution in [2.24, 2.45) is 0 Å². The molecule has 4 amide bonds. The Hall–Kier alpha value is -11.4. The van der Waals surface area contributed by atoms with Crippen molar-refractivity contribution >= 4 is 74.4 Å². The maximum atomic E-state index is 14.1. The Bertz CT molecular complexity index is 4010. The Kier molecular flexibility index (Phi) is 29.7. The molecule has 0 bridgehead atoms. The number of benzene rings is 8. The lowest BCUT2D eigenvalue weighted by atomic mass is 10.2. The number of hydrogen-bond acceptors (Lipinski definition) is 17. The van der Waals surface area contributed by atoms with Crippen molar-refractivity contribution in [2.75, 3.05) is 125 Å². The number of halogens is 10. The lowest BCUT2D eigenvalue weighted by Gasteiger charge is -2.35. The summed E-state index contributed by atoms with van der Waals surface area (Å²) in [7, 11) is 0. The van der Waals surface area contributed by atoms with E-state index in [0.717, 1.165) is 60.6 Å². The summed E-state index contributed by atoms with van der Waals surface area (Å²) in [5, 5.41) is 23.8. The van der Waals surface area contributed by atoms with Crippen LogP contribution >= 0.6 is 15.9 Å². The van der Waals surface area contributed by atoms with Gasteiger partial charge in [0.15, 0.2) is 52.4 Å². The normalized spacial score (nSPS) is 14.1. The average Bonchev–Trinajstić information content (AvgIpc) is 0.818. The van der Waals surface area contributed by atoms with E-state index < -0.39 is 91.9 Å². The fourth-order valence-electron chi connectivity index (χ4n) is 10.8. The number of carbonyl (C=O) groups is 4. The molecule has 0 unspecified atom stereocenters. The van der Waals surface area contributed by atoms with Crippen LogP contribution in [-0.2, 0) is 45.4 Å². The summed E-state index contributed by atoms with van der Waals surface area (Å²) < 4.78 is 142. The quantitative estimate of drug-likeness (QED) is 0.0272. The zero-order chi connectivity index (χ0) is 75.5. The Labute approximate surface area is 605 Å². The van der Waals surface area contributed by atoms with Crippen molar-refractivity contribution in [1.29, 1.82) is 0 Å². The zero-order valence-corrected chi connectivity index (χ0v) is 57.7. The van der Waals surface area contributed by atoms with Gasteiger partial charge in [0, 0.05) is 115 Å². The summed E-state index contributed by atoms with van der Waals surface area (Å²) in [6, 6.07) is 44.4. The van der Waals surface area contributed by atoms with E-state index in [4.69, 9.17) is 24.7 Å². The van der Waals surface area contributed by atoms with Gasteiger partial charge >= 0.3 is 24.4 Å². The highest BCUT2D eigenvalue weighted by Crippen LogP contribution is 2.32. The number of nitrogen functional groups attached to an aromatic ring is 1. The molecule has 0 radical (unpaired) electrons. The second kappa shape index (κ2) is 39.3. The van der Waals surface area contributed by atoms with Crippen molar-refractivity contribution in [2.45, 2.75) is 26.4 Å². The van der Waals surface area contributed by atoms with E-state index in [1.807, 2.05) is 121 Å². The van der Waals surface area contributed by atoms with Crippen LogP contribution in [0.1, 0.15) is 22.3 Å². The summed E-state index contributed by atoms with van der Waals surface area (Å²) in [5.74, 6) is -9.47. The van der Waals surface area contributed by atoms with Gasteiger partial charge in [-0.3, -0.25) is 20.2 Å². The number of ether oxygens (including phenoxy) is 4. The number of amides is 4. The maximum Gasteiger partial charge on any atom is 0.410 e. The molecule has 3 N–H and O–H groups in total. The fourth-order valence-corrected chi connectivity index (χ4v) is 11.2. The van der Waals surface area contributed by atoms with E-state index in [0.29, 0.717) is 87.7 Å². The van der Waals surface area contributed by atoms with Gasteiger partial charge in [-0.2, -0.15) is 0 Å². The third-order valence-corrected chi connectivity index (χ3v) is 16.6. The molecule has 0 aromatic heterocycles. The molecular weight excluding hydrogens is 1460 g/mol. The van der Waals surface area contributed by atoms with Crippen LogP contribution in [0.5, 0.6) is 0 Å². The topological polar surface area (TPSA) is 252 Å². The van der Waals surface area contributed by atoms with Gasteiger partial charge in [-0.1, -0.05) is 137 Å². The van der Waals surface area contributed by atoms with Crippen LogP contribution in [0.25, 0.3) is 0 Å². The van der Waals surface area contributed by atoms with Gasteiger partial charge in [-0.15, -0.1) is 0 Å². The predicted octanol–water partition coefficient (Wildman–Crippen LogP) is 13.8. The summed E-state index contributed by atoms with van der Waals surface area (Å²) in [6.45, 7) is 7.56. The van der Waals surface area contributed by atoms with E-state index in [9.17, 15) is 78.9 Å².